The zero-order chi connectivity index (χ0) is 15.5. The molecule has 0 aliphatic heterocycles. The molecule has 0 saturated heterocycles. The molecule has 0 heterocycles. The molecule has 1 saturated carbocycles. The fourth-order valence-corrected chi connectivity index (χ4v) is 2.54. The van der Waals surface area contributed by atoms with Crippen LogP contribution in [-0.2, 0) is 19.7 Å². The van der Waals surface area contributed by atoms with E-state index in [2.05, 4.69) is 0 Å². The maximum absolute atomic E-state index is 14.1. The number of carbonyl (C=O) groups is 2. The molecule has 0 radical (unpaired) electrons. The molecule has 21 heavy (non-hydrogen) atoms. The maximum Gasteiger partial charge on any atom is 0.328 e. The van der Waals surface area contributed by atoms with Gasteiger partial charge in [-0.05, 0) is 31.7 Å². The highest BCUT2D eigenvalue weighted by atomic mass is 19.1. The van der Waals surface area contributed by atoms with Gasteiger partial charge in [0.15, 0.2) is 5.41 Å². The van der Waals surface area contributed by atoms with Gasteiger partial charge in [-0.15, -0.1) is 0 Å². The van der Waals surface area contributed by atoms with Gasteiger partial charge < -0.3 is 9.84 Å². The number of ether oxygens (including phenoxy) is 1. The van der Waals surface area contributed by atoms with Crippen LogP contribution in [0.3, 0.4) is 0 Å². The summed E-state index contributed by atoms with van der Waals surface area (Å²) in [7, 11) is 0. The van der Waals surface area contributed by atoms with E-state index in [9.17, 15) is 19.1 Å². The van der Waals surface area contributed by atoms with Crippen LogP contribution in [0.25, 0.3) is 0 Å². The molecule has 4 nitrogen and oxygen atoms in total. The number of benzene rings is 1. The number of halogens is 1. The van der Waals surface area contributed by atoms with Crippen LogP contribution >= 0.6 is 0 Å². The van der Waals surface area contributed by atoms with Crippen molar-refractivity contribution in [1.82, 2.24) is 0 Å². The quantitative estimate of drug-likeness (QED) is 0.620. The van der Waals surface area contributed by atoms with Crippen LogP contribution in [0.2, 0.25) is 0 Å². The Morgan fingerprint density at radius 2 is 2.05 bits per heavy atom. The lowest BCUT2D eigenvalue weighted by molar-refractivity contribution is -0.162. The van der Waals surface area contributed by atoms with Crippen molar-refractivity contribution < 1.29 is 23.8 Å². The average Bonchev–Trinajstić information content (AvgIpc) is 3.25. The van der Waals surface area contributed by atoms with E-state index < -0.39 is 23.2 Å². The van der Waals surface area contributed by atoms with Crippen LogP contribution < -0.4 is 0 Å². The number of carbonyl (C=O) groups excluding carboxylic acids is 1. The maximum atomic E-state index is 14.1. The van der Waals surface area contributed by atoms with Gasteiger partial charge in [0.05, 0.1) is 6.61 Å². The third-order valence-corrected chi connectivity index (χ3v) is 3.95. The molecule has 2 rings (SSSR count). The van der Waals surface area contributed by atoms with Gasteiger partial charge in [0.2, 0.25) is 0 Å². The normalized spacial score (nSPS) is 17.0. The summed E-state index contributed by atoms with van der Waals surface area (Å²) < 4.78 is 19.1. The molecule has 0 amide bonds. The summed E-state index contributed by atoms with van der Waals surface area (Å²) in [6.45, 7) is 1.67. The second-order valence-corrected chi connectivity index (χ2v) is 5.39. The molecule has 1 aliphatic carbocycles. The first-order valence-electron chi connectivity index (χ1n) is 7.18. The van der Waals surface area contributed by atoms with Gasteiger partial charge in [-0.1, -0.05) is 31.0 Å². The summed E-state index contributed by atoms with van der Waals surface area (Å²) in [5.74, 6) is -2.50. The van der Waals surface area contributed by atoms with E-state index in [1.807, 2.05) is 0 Å². The summed E-state index contributed by atoms with van der Waals surface area (Å²) in [5.41, 5.74) is -2.07. The van der Waals surface area contributed by atoms with Crippen LogP contribution in [0.4, 0.5) is 4.39 Å². The van der Waals surface area contributed by atoms with E-state index >= 15 is 0 Å². The zero-order valence-corrected chi connectivity index (χ0v) is 12.0. The minimum absolute atomic E-state index is 0.0613. The highest BCUT2D eigenvalue weighted by molar-refractivity contribution is 6.05. The molecule has 1 aromatic rings. The van der Waals surface area contributed by atoms with Crippen molar-refractivity contribution in [2.24, 2.45) is 5.92 Å². The molecule has 1 unspecified atom stereocenters. The van der Waals surface area contributed by atoms with Crippen molar-refractivity contribution in [3.05, 3.63) is 35.6 Å². The van der Waals surface area contributed by atoms with Gasteiger partial charge in [0.25, 0.3) is 0 Å². The smallest absolute Gasteiger partial charge is 0.328 e. The van der Waals surface area contributed by atoms with E-state index in [0.29, 0.717) is 12.3 Å². The Morgan fingerprint density at radius 1 is 1.38 bits per heavy atom. The average molecular weight is 294 g/mol. The fraction of sp³-hybridized carbons (Fsp3) is 0.500. The highest BCUT2D eigenvalue weighted by Crippen LogP contribution is 2.40. The number of hydrogen-bond donors (Lipinski definition) is 1. The lowest BCUT2D eigenvalue weighted by Gasteiger charge is -2.28. The third kappa shape index (κ3) is 3.06. The number of hydrogen-bond acceptors (Lipinski definition) is 3. The van der Waals surface area contributed by atoms with E-state index in [1.165, 1.54) is 24.3 Å². The number of carboxylic acid groups (broad SMARTS) is 1. The van der Waals surface area contributed by atoms with E-state index in [-0.39, 0.29) is 18.6 Å². The Bertz CT molecular complexity index is 539. The van der Waals surface area contributed by atoms with Crippen LogP contribution in [-0.4, -0.2) is 23.7 Å². The second-order valence-electron chi connectivity index (χ2n) is 5.39. The summed E-state index contributed by atoms with van der Waals surface area (Å²) >= 11 is 0. The summed E-state index contributed by atoms with van der Waals surface area (Å²) in [6.07, 6.45) is 2.72. The molecular weight excluding hydrogens is 275 g/mol. The number of carboxylic acids is 1. The zero-order valence-electron chi connectivity index (χ0n) is 12.0. The predicted molar refractivity (Wildman–Crippen MR) is 74.3 cm³/mol. The summed E-state index contributed by atoms with van der Waals surface area (Å²) in [4.78, 5) is 24.2. The summed E-state index contributed by atoms with van der Waals surface area (Å²) in [6, 6.07) is 5.53. The van der Waals surface area contributed by atoms with Gasteiger partial charge in [-0.2, -0.15) is 0 Å². The first-order valence-corrected chi connectivity index (χ1v) is 7.18. The Morgan fingerprint density at radius 3 is 2.57 bits per heavy atom. The lowest BCUT2D eigenvalue weighted by Crippen LogP contribution is -2.46. The minimum atomic E-state index is -1.95. The summed E-state index contributed by atoms with van der Waals surface area (Å²) in [5, 5.41) is 9.66. The van der Waals surface area contributed by atoms with E-state index in [0.717, 1.165) is 12.8 Å². The largest absolute Gasteiger partial charge is 0.480 e. The number of aliphatic carboxylic acids is 1. The number of rotatable bonds is 7. The monoisotopic (exact) mass is 294 g/mol. The third-order valence-electron chi connectivity index (χ3n) is 3.95. The standard InChI is InChI=1S/C16H19FO4/c1-2-21-15(20)16(14(18)19,10-9-11-7-8-11)12-5-3-4-6-13(12)17/h3-6,11H,2,7-10H2,1H3,(H,18,19). The molecule has 5 heteroatoms. The molecule has 1 aliphatic rings. The van der Waals surface area contributed by atoms with Gasteiger partial charge in [-0.3, -0.25) is 9.59 Å². The van der Waals surface area contributed by atoms with Crippen LogP contribution in [0.1, 0.15) is 38.2 Å². The van der Waals surface area contributed by atoms with Gasteiger partial charge in [0.1, 0.15) is 5.82 Å². The van der Waals surface area contributed by atoms with Crippen LogP contribution in [0.15, 0.2) is 24.3 Å². The van der Waals surface area contributed by atoms with Crippen molar-refractivity contribution >= 4 is 11.9 Å². The Hall–Kier alpha value is -1.91. The Balaban J connectivity index is 2.45. The van der Waals surface area contributed by atoms with Crippen molar-refractivity contribution in [1.29, 1.82) is 0 Å². The molecule has 0 spiro atoms. The molecule has 1 atom stereocenters. The first kappa shape index (κ1) is 15.5. The van der Waals surface area contributed by atoms with Crippen LogP contribution in [0.5, 0.6) is 0 Å². The van der Waals surface area contributed by atoms with Gasteiger partial charge >= 0.3 is 11.9 Å². The molecular formula is C16H19FO4. The fourth-order valence-electron chi connectivity index (χ4n) is 2.54. The van der Waals surface area contributed by atoms with E-state index in [4.69, 9.17) is 4.74 Å². The van der Waals surface area contributed by atoms with Gasteiger partial charge in [0, 0.05) is 5.56 Å². The molecule has 1 fully saturated rings. The molecule has 1 aromatic carbocycles. The minimum Gasteiger partial charge on any atom is -0.480 e. The lowest BCUT2D eigenvalue weighted by atomic mass is 9.75. The Labute approximate surface area is 122 Å². The predicted octanol–water partition coefficient (Wildman–Crippen LogP) is 2.90. The topological polar surface area (TPSA) is 63.6 Å². The van der Waals surface area contributed by atoms with Crippen molar-refractivity contribution in [2.75, 3.05) is 6.61 Å². The van der Waals surface area contributed by atoms with Gasteiger partial charge in [-0.25, -0.2) is 4.39 Å². The molecule has 0 aromatic heterocycles. The first-order chi connectivity index (χ1) is 10.0. The molecule has 0 bridgehead atoms. The highest BCUT2D eigenvalue weighted by Gasteiger charge is 2.51. The Kier molecular flexibility index (Phi) is 4.60. The molecule has 1 N–H and O–H groups in total. The SMILES string of the molecule is CCOC(=O)C(CCC1CC1)(C(=O)O)c1ccccc1F. The van der Waals surface area contributed by atoms with E-state index in [1.54, 1.807) is 6.92 Å². The molecule has 114 valence electrons. The number of esters is 1. The van der Waals surface area contributed by atoms with Crippen molar-refractivity contribution in [2.45, 2.75) is 38.0 Å². The second kappa shape index (κ2) is 6.24. The van der Waals surface area contributed by atoms with Crippen LogP contribution in [0, 0.1) is 11.7 Å². The van der Waals surface area contributed by atoms with Crippen molar-refractivity contribution in [3.63, 3.8) is 0 Å². The van der Waals surface area contributed by atoms with Crippen molar-refractivity contribution in [3.8, 4) is 0 Å².